The zero-order valence-electron chi connectivity index (χ0n) is 10.1. The normalized spacial score (nSPS) is 15.6. The number of carbonyl (C=O) groups is 1. The number of benzene rings is 1. The summed E-state index contributed by atoms with van der Waals surface area (Å²) in [7, 11) is 1.64. The highest BCUT2D eigenvalue weighted by atomic mass is 16.5. The lowest BCUT2D eigenvalue weighted by atomic mass is 10.0. The minimum Gasteiger partial charge on any atom is -0.398 e. The molecule has 92 valence electrons. The molecule has 2 N–H and O–H groups in total. The Kier molecular flexibility index (Phi) is 3.64. The lowest BCUT2D eigenvalue weighted by Gasteiger charge is -2.21. The lowest BCUT2D eigenvalue weighted by Crippen LogP contribution is -2.34. The van der Waals surface area contributed by atoms with Crippen LogP contribution in [0.4, 0.5) is 5.69 Å². The van der Waals surface area contributed by atoms with Gasteiger partial charge in [0, 0.05) is 25.9 Å². The number of methoxy groups -OCH3 is 1. The SMILES string of the molecule is COCCN1CCCc2cccc(N)c2C1=O. The Bertz CT molecular complexity index is 416. The zero-order valence-corrected chi connectivity index (χ0v) is 10.1. The Morgan fingerprint density at radius 3 is 3.06 bits per heavy atom. The van der Waals surface area contributed by atoms with Gasteiger partial charge in [0.1, 0.15) is 0 Å². The topological polar surface area (TPSA) is 55.6 Å². The molecule has 0 aromatic heterocycles. The predicted octanol–water partition coefficient (Wildman–Crippen LogP) is 1.30. The quantitative estimate of drug-likeness (QED) is 0.802. The number of amides is 1. The van der Waals surface area contributed by atoms with Gasteiger partial charge in [-0.25, -0.2) is 0 Å². The summed E-state index contributed by atoms with van der Waals surface area (Å²) in [6, 6.07) is 5.69. The molecule has 4 heteroatoms. The van der Waals surface area contributed by atoms with Gasteiger partial charge in [-0.3, -0.25) is 4.79 Å². The van der Waals surface area contributed by atoms with E-state index in [0.29, 0.717) is 24.4 Å². The van der Waals surface area contributed by atoms with Crippen LogP contribution in [0.5, 0.6) is 0 Å². The van der Waals surface area contributed by atoms with E-state index in [4.69, 9.17) is 10.5 Å². The first-order valence-electron chi connectivity index (χ1n) is 5.89. The van der Waals surface area contributed by atoms with Crippen LogP contribution in [0.3, 0.4) is 0 Å². The first-order chi connectivity index (χ1) is 8.24. The van der Waals surface area contributed by atoms with Gasteiger partial charge >= 0.3 is 0 Å². The van der Waals surface area contributed by atoms with Crippen LogP contribution in [-0.2, 0) is 11.2 Å². The molecule has 0 radical (unpaired) electrons. The molecule has 0 aliphatic carbocycles. The highest BCUT2D eigenvalue weighted by Crippen LogP contribution is 2.23. The van der Waals surface area contributed by atoms with Gasteiger partial charge in [0.15, 0.2) is 0 Å². The van der Waals surface area contributed by atoms with E-state index in [1.807, 2.05) is 17.0 Å². The molecule has 0 saturated carbocycles. The summed E-state index contributed by atoms with van der Waals surface area (Å²) in [6.07, 6.45) is 1.89. The average Bonchev–Trinajstić information content (AvgIpc) is 2.47. The molecule has 2 rings (SSSR count). The van der Waals surface area contributed by atoms with Crippen LogP contribution < -0.4 is 5.73 Å². The summed E-state index contributed by atoms with van der Waals surface area (Å²) in [5, 5.41) is 0. The maximum Gasteiger partial charge on any atom is 0.256 e. The van der Waals surface area contributed by atoms with E-state index in [1.54, 1.807) is 13.2 Å². The Labute approximate surface area is 101 Å². The molecule has 1 aromatic carbocycles. The van der Waals surface area contributed by atoms with Crippen LogP contribution >= 0.6 is 0 Å². The minimum atomic E-state index is 0.0349. The lowest BCUT2D eigenvalue weighted by molar-refractivity contribution is 0.0702. The molecular weight excluding hydrogens is 216 g/mol. The van der Waals surface area contributed by atoms with Gasteiger partial charge in [-0.05, 0) is 24.5 Å². The van der Waals surface area contributed by atoms with Crippen molar-refractivity contribution in [1.82, 2.24) is 4.90 Å². The first-order valence-corrected chi connectivity index (χ1v) is 5.89. The third-order valence-electron chi connectivity index (χ3n) is 3.12. The van der Waals surface area contributed by atoms with E-state index in [0.717, 1.165) is 24.9 Å². The molecule has 0 spiro atoms. The molecule has 0 fully saturated rings. The number of hydrogen-bond acceptors (Lipinski definition) is 3. The van der Waals surface area contributed by atoms with Gasteiger partial charge in [-0.1, -0.05) is 12.1 Å². The molecule has 1 aliphatic heterocycles. The summed E-state index contributed by atoms with van der Waals surface area (Å²) >= 11 is 0. The van der Waals surface area contributed by atoms with E-state index in [1.165, 1.54) is 0 Å². The number of nitrogen functional groups attached to an aromatic ring is 1. The van der Waals surface area contributed by atoms with E-state index in [9.17, 15) is 4.79 Å². The Morgan fingerprint density at radius 1 is 1.47 bits per heavy atom. The number of ether oxygens (including phenoxy) is 1. The highest BCUT2D eigenvalue weighted by Gasteiger charge is 2.23. The van der Waals surface area contributed by atoms with Crippen molar-refractivity contribution in [2.24, 2.45) is 0 Å². The van der Waals surface area contributed by atoms with Gasteiger partial charge in [0.05, 0.1) is 12.2 Å². The Balaban J connectivity index is 2.29. The molecule has 4 nitrogen and oxygen atoms in total. The van der Waals surface area contributed by atoms with E-state index < -0.39 is 0 Å². The second kappa shape index (κ2) is 5.19. The molecule has 1 aliphatic rings. The number of nitrogens with two attached hydrogens (primary N) is 1. The van der Waals surface area contributed by atoms with Crippen molar-refractivity contribution in [1.29, 1.82) is 0 Å². The fourth-order valence-corrected chi connectivity index (χ4v) is 2.22. The summed E-state index contributed by atoms with van der Waals surface area (Å²) in [5.41, 5.74) is 8.24. The molecule has 1 heterocycles. The van der Waals surface area contributed by atoms with Crippen LogP contribution in [0.15, 0.2) is 18.2 Å². The van der Waals surface area contributed by atoms with Gasteiger partial charge in [0.2, 0.25) is 0 Å². The first kappa shape index (κ1) is 11.9. The van der Waals surface area contributed by atoms with Crippen molar-refractivity contribution in [3.8, 4) is 0 Å². The van der Waals surface area contributed by atoms with Crippen LogP contribution in [0.2, 0.25) is 0 Å². The van der Waals surface area contributed by atoms with E-state index in [-0.39, 0.29) is 5.91 Å². The molecule has 1 aromatic rings. The summed E-state index contributed by atoms with van der Waals surface area (Å²) in [6.45, 7) is 1.97. The molecule has 17 heavy (non-hydrogen) atoms. The largest absolute Gasteiger partial charge is 0.398 e. The summed E-state index contributed by atoms with van der Waals surface area (Å²) < 4.78 is 5.03. The minimum absolute atomic E-state index is 0.0349. The molecule has 0 bridgehead atoms. The van der Waals surface area contributed by atoms with Crippen molar-refractivity contribution < 1.29 is 9.53 Å². The van der Waals surface area contributed by atoms with Gasteiger partial charge in [0.25, 0.3) is 5.91 Å². The standard InChI is InChI=1S/C13H18N2O2/c1-17-9-8-15-7-3-5-10-4-2-6-11(14)12(10)13(15)16/h2,4,6H,3,5,7-9,14H2,1H3. The monoisotopic (exact) mass is 234 g/mol. The second-order valence-corrected chi connectivity index (χ2v) is 4.27. The number of carbonyl (C=O) groups excluding carboxylic acids is 1. The van der Waals surface area contributed by atoms with Gasteiger partial charge in [-0.2, -0.15) is 0 Å². The van der Waals surface area contributed by atoms with Gasteiger partial charge in [-0.15, -0.1) is 0 Å². The molecule has 0 unspecified atom stereocenters. The summed E-state index contributed by atoms with van der Waals surface area (Å²) in [5.74, 6) is 0.0349. The number of aryl methyl sites for hydroxylation is 1. The third kappa shape index (κ3) is 2.42. The number of anilines is 1. The smallest absolute Gasteiger partial charge is 0.256 e. The van der Waals surface area contributed by atoms with E-state index in [2.05, 4.69) is 0 Å². The van der Waals surface area contributed by atoms with Crippen molar-refractivity contribution >= 4 is 11.6 Å². The van der Waals surface area contributed by atoms with Crippen LogP contribution in [0, 0.1) is 0 Å². The molecular formula is C13H18N2O2. The van der Waals surface area contributed by atoms with Crippen LogP contribution in [0.1, 0.15) is 22.3 Å². The van der Waals surface area contributed by atoms with Crippen molar-refractivity contribution in [3.05, 3.63) is 29.3 Å². The fourth-order valence-electron chi connectivity index (χ4n) is 2.22. The van der Waals surface area contributed by atoms with Crippen molar-refractivity contribution in [2.75, 3.05) is 32.5 Å². The van der Waals surface area contributed by atoms with Crippen molar-refractivity contribution in [2.45, 2.75) is 12.8 Å². The average molecular weight is 234 g/mol. The number of nitrogens with zero attached hydrogens (tertiary/aromatic N) is 1. The Morgan fingerprint density at radius 2 is 2.29 bits per heavy atom. The van der Waals surface area contributed by atoms with Crippen LogP contribution in [-0.4, -0.2) is 37.6 Å². The second-order valence-electron chi connectivity index (χ2n) is 4.27. The zero-order chi connectivity index (χ0) is 12.3. The number of fused-ring (bicyclic) bond motifs is 1. The summed E-state index contributed by atoms with van der Waals surface area (Å²) in [4.78, 5) is 14.2. The predicted molar refractivity (Wildman–Crippen MR) is 67.0 cm³/mol. The number of hydrogen-bond donors (Lipinski definition) is 1. The van der Waals surface area contributed by atoms with Crippen molar-refractivity contribution in [3.63, 3.8) is 0 Å². The third-order valence-corrected chi connectivity index (χ3v) is 3.12. The van der Waals surface area contributed by atoms with Gasteiger partial charge < -0.3 is 15.4 Å². The number of rotatable bonds is 3. The maximum absolute atomic E-state index is 12.4. The van der Waals surface area contributed by atoms with Crippen LogP contribution in [0.25, 0.3) is 0 Å². The maximum atomic E-state index is 12.4. The van der Waals surface area contributed by atoms with E-state index >= 15 is 0 Å². The Hall–Kier alpha value is -1.55. The molecule has 0 saturated heterocycles. The highest BCUT2D eigenvalue weighted by molar-refractivity contribution is 6.00. The molecule has 1 amide bonds. The fraction of sp³-hybridized carbons (Fsp3) is 0.462. The molecule has 0 atom stereocenters.